The van der Waals surface area contributed by atoms with Gasteiger partial charge in [-0.1, -0.05) is 0 Å². The van der Waals surface area contributed by atoms with E-state index in [0.717, 1.165) is 4.90 Å². The Labute approximate surface area is 82.0 Å². The van der Waals surface area contributed by atoms with Gasteiger partial charge in [-0.25, -0.2) is 0 Å². The van der Waals surface area contributed by atoms with Crippen LogP contribution in [-0.4, -0.2) is 42.8 Å². The maximum atomic E-state index is 11.3. The highest BCUT2D eigenvalue weighted by atomic mass is 16.5. The van der Waals surface area contributed by atoms with Crippen LogP contribution in [0.1, 0.15) is 19.3 Å². The highest BCUT2D eigenvalue weighted by Gasteiger charge is 2.27. The summed E-state index contributed by atoms with van der Waals surface area (Å²) in [6.07, 6.45) is 1.30. The molecule has 1 heterocycles. The average molecular weight is 199 g/mol. The highest BCUT2D eigenvalue weighted by molar-refractivity contribution is 6.01. The number of Topliss-reactive ketones (excluding diaryl/α,β-unsaturated/α-hetero) is 1. The quantitative estimate of drug-likeness (QED) is 0.585. The number of amides is 2. The van der Waals surface area contributed by atoms with Crippen molar-refractivity contribution in [2.75, 3.05) is 20.3 Å². The number of imide groups is 1. The molecule has 0 saturated carbocycles. The van der Waals surface area contributed by atoms with Gasteiger partial charge in [-0.05, 0) is 6.42 Å². The fourth-order valence-corrected chi connectivity index (χ4v) is 1.36. The van der Waals surface area contributed by atoms with E-state index in [1.54, 1.807) is 0 Å². The predicted molar refractivity (Wildman–Crippen MR) is 47.5 cm³/mol. The number of nitrogens with zero attached hydrogens (tertiary/aromatic N) is 1. The summed E-state index contributed by atoms with van der Waals surface area (Å²) in [4.78, 5) is 34.7. The molecule has 0 bridgehead atoms. The van der Waals surface area contributed by atoms with Crippen molar-refractivity contribution in [2.24, 2.45) is 0 Å². The highest BCUT2D eigenvalue weighted by Crippen LogP contribution is 2.11. The van der Waals surface area contributed by atoms with Crippen molar-refractivity contribution in [1.82, 2.24) is 4.90 Å². The van der Waals surface area contributed by atoms with Gasteiger partial charge < -0.3 is 4.74 Å². The predicted octanol–water partition coefficient (Wildman–Crippen LogP) is -0.259. The van der Waals surface area contributed by atoms with Gasteiger partial charge in [-0.3, -0.25) is 19.3 Å². The fraction of sp³-hybridized carbons (Fsp3) is 0.667. The van der Waals surface area contributed by atoms with E-state index < -0.39 is 0 Å². The van der Waals surface area contributed by atoms with Gasteiger partial charge in [0, 0.05) is 20.0 Å². The van der Waals surface area contributed by atoms with E-state index in [2.05, 4.69) is 4.74 Å². The van der Waals surface area contributed by atoms with E-state index in [-0.39, 0.29) is 30.7 Å². The van der Waals surface area contributed by atoms with E-state index in [1.165, 1.54) is 7.11 Å². The summed E-state index contributed by atoms with van der Waals surface area (Å²) in [6, 6.07) is 0. The topological polar surface area (TPSA) is 63.7 Å². The van der Waals surface area contributed by atoms with Crippen molar-refractivity contribution < 1.29 is 19.1 Å². The van der Waals surface area contributed by atoms with Gasteiger partial charge >= 0.3 is 0 Å². The van der Waals surface area contributed by atoms with E-state index in [0.29, 0.717) is 19.3 Å². The lowest BCUT2D eigenvalue weighted by molar-refractivity contribution is -0.150. The zero-order valence-electron chi connectivity index (χ0n) is 8.12. The lowest BCUT2D eigenvalue weighted by Crippen LogP contribution is -2.43. The van der Waals surface area contributed by atoms with Crippen LogP contribution < -0.4 is 0 Å². The second kappa shape index (κ2) is 4.85. The first kappa shape index (κ1) is 10.8. The van der Waals surface area contributed by atoms with Crippen LogP contribution in [0.15, 0.2) is 0 Å². The van der Waals surface area contributed by atoms with Crippen LogP contribution in [-0.2, 0) is 19.1 Å². The molecular formula is C9H13NO4. The third-order valence-electron chi connectivity index (χ3n) is 2.02. The van der Waals surface area contributed by atoms with E-state index >= 15 is 0 Å². The Bertz CT molecular complexity index is 246. The first-order valence-corrected chi connectivity index (χ1v) is 4.49. The van der Waals surface area contributed by atoms with Crippen LogP contribution in [0.25, 0.3) is 0 Å². The van der Waals surface area contributed by atoms with Crippen LogP contribution in [0.4, 0.5) is 0 Å². The molecule has 1 aliphatic rings. The number of methoxy groups -OCH3 is 1. The molecule has 5 heteroatoms. The molecule has 14 heavy (non-hydrogen) atoms. The zero-order chi connectivity index (χ0) is 10.6. The average Bonchev–Trinajstić information content (AvgIpc) is 2.12. The smallest absolute Gasteiger partial charge is 0.229 e. The molecule has 1 saturated heterocycles. The largest absolute Gasteiger partial charge is 0.377 e. The number of carbonyl (C=O) groups is 3. The maximum Gasteiger partial charge on any atom is 0.229 e. The molecule has 5 nitrogen and oxygen atoms in total. The van der Waals surface area contributed by atoms with Gasteiger partial charge in [0.1, 0.15) is 6.61 Å². The first-order chi connectivity index (χ1) is 6.65. The summed E-state index contributed by atoms with van der Waals surface area (Å²) in [7, 11) is 1.40. The molecule has 0 aromatic heterocycles. The molecule has 0 aliphatic carbocycles. The fourth-order valence-electron chi connectivity index (χ4n) is 1.36. The molecule has 1 rings (SSSR count). The summed E-state index contributed by atoms with van der Waals surface area (Å²) in [6.45, 7) is -0.206. The first-order valence-electron chi connectivity index (χ1n) is 4.49. The van der Waals surface area contributed by atoms with Crippen molar-refractivity contribution in [3.05, 3.63) is 0 Å². The lowest BCUT2D eigenvalue weighted by Gasteiger charge is -2.23. The number of hydrogen-bond donors (Lipinski definition) is 0. The summed E-state index contributed by atoms with van der Waals surface area (Å²) in [5.74, 6) is -0.771. The standard InChI is InChI=1S/C9H13NO4/c1-14-6-7(11)5-10-8(12)3-2-4-9(10)13/h2-6H2,1H3. The molecular weight excluding hydrogens is 186 g/mol. The number of carbonyl (C=O) groups excluding carboxylic acids is 3. The van der Waals surface area contributed by atoms with Gasteiger partial charge in [0.2, 0.25) is 11.8 Å². The Kier molecular flexibility index (Phi) is 3.76. The Morgan fingerprint density at radius 1 is 1.36 bits per heavy atom. The van der Waals surface area contributed by atoms with Gasteiger partial charge in [-0.2, -0.15) is 0 Å². The zero-order valence-corrected chi connectivity index (χ0v) is 8.12. The van der Waals surface area contributed by atoms with Crippen molar-refractivity contribution >= 4 is 17.6 Å². The summed E-state index contributed by atoms with van der Waals surface area (Å²) < 4.78 is 4.62. The maximum absolute atomic E-state index is 11.3. The Hall–Kier alpha value is -1.23. The number of likely N-dealkylation sites (tertiary alicyclic amines) is 1. The molecule has 0 aromatic rings. The van der Waals surface area contributed by atoms with Crippen LogP contribution in [0, 0.1) is 0 Å². The number of piperidine rings is 1. The molecule has 0 aromatic carbocycles. The van der Waals surface area contributed by atoms with Gasteiger partial charge in [0.05, 0.1) is 6.54 Å². The summed E-state index contributed by atoms with van der Waals surface area (Å²) in [5, 5.41) is 0. The molecule has 1 fully saturated rings. The van der Waals surface area contributed by atoms with Crippen LogP contribution >= 0.6 is 0 Å². The Morgan fingerprint density at radius 3 is 2.43 bits per heavy atom. The molecule has 0 atom stereocenters. The summed E-state index contributed by atoms with van der Waals surface area (Å²) in [5.41, 5.74) is 0. The lowest BCUT2D eigenvalue weighted by atomic mass is 10.1. The van der Waals surface area contributed by atoms with Crippen LogP contribution in [0.5, 0.6) is 0 Å². The monoisotopic (exact) mass is 199 g/mol. The number of hydrogen-bond acceptors (Lipinski definition) is 4. The molecule has 0 N–H and O–H groups in total. The van der Waals surface area contributed by atoms with Crippen molar-refractivity contribution in [1.29, 1.82) is 0 Å². The Morgan fingerprint density at radius 2 is 1.93 bits per heavy atom. The van der Waals surface area contributed by atoms with Crippen LogP contribution in [0.3, 0.4) is 0 Å². The molecule has 2 amide bonds. The van der Waals surface area contributed by atoms with Crippen molar-refractivity contribution in [3.63, 3.8) is 0 Å². The van der Waals surface area contributed by atoms with Crippen LogP contribution in [0.2, 0.25) is 0 Å². The minimum Gasteiger partial charge on any atom is -0.377 e. The third-order valence-corrected chi connectivity index (χ3v) is 2.02. The molecule has 0 spiro atoms. The Balaban J connectivity index is 2.52. The number of ether oxygens (including phenoxy) is 1. The molecule has 1 aliphatic heterocycles. The second-order valence-corrected chi connectivity index (χ2v) is 3.20. The van der Waals surface area contributed by atoms with Gasteiger partial charge in [-0.15, -0.1) is 0 Å². The normalized spacial score (nSPS) is 17.4. The number of ketones is 1. The van der Waals surface area contributed by atoms with Crippen molar-refractivity contribution in [2.45, 2.75) is 19.3 Å². The van der Waals surface area contributed by atoms with E-state index in [4.69, 9.17) is 0 Å². The third kappa shape index (κ3) is 2.63. The van der Waals surface area contributed by atoms with Gasteiger partial charge in [0.15, 0.2) is 5.78 Å². The minimum absolute atomic E-state index is 0.0585. The molecule has 78 valence electrons. The van der Waals surface area contributed by atoms with Crippen molar-refractivity contribution in [3.8, 4) is 0 Å². The molecule has 0 radical (unpaired) electrons. The molecule has 0 unspecified atom stereocenters. The second-order valence-electron chi connectivity index (χ2n) is 3.20. The minimum atomic E-state index is -0.259. The SMILES string of the molecule is COCC(=O)CN1C(=O)CCCC1=O. The number of rotatable bonds is 4. The van der Waals surface area contributed by atoms with Gasteiger partial charge in [0.25, 0.3) is 0 Å². The van der Waals surface area contributed by atoms with E-state index in [9.17, 15) is 14.4 Å². The summed E-state index contributed by atoms with van der Waals surface area (Å²) >= 11 is 0. The van der Waals surface area contributed by atoms with E-state index in [1.807, 2.05) is 0 Å².